The van der Waals surface area contributed by atoms with Crippen molar-refractivity contribution in [2.45, 2.75) is 19.4 Å². The number of carbonyl (C=O) groups excluding carboxylic acids is 1. The molecule has 1 heterocycles. The number of aliphatic hydroxyl groups is 1. The van der Waals surface area contributed by atoms with Gasteiger partial charge in [-0.15, -0.1) is 0 Å². The predicted octanol–water partition coefficient (Wildman–Crippen LogP) is 1.73. The van der Waals surface area contributed by atoms with Crippen molar-refractivity contribution in [3.63, 3.8) is 0 Å². The number of aromatic nitrogens is 2. The Bertz CT molecular complexity index is 657. The minimum absolute atomic E-state index is 0.319. The van der Waals surface area contributed by atoms with Gasteiger partial charge in [-0.2, -0.15) is 4.37 Å². The van der Waals surface area contributed by atoms with Crippen molar-refractivity contribution in [3.8, 4) is 11.5 Å². The van der Waals surface area contributed by atoms with Crippen LogP contribution in [0.5, 0.6) is 11.5 Å². The lowest BCUT2D eigenvalue weighted by Gasteiger charge is -2.09. The highest BCUT2D eigenvalue weighted by molar-refractivity contribution is 7.09. The summed E-state index contributed by atoms with van der Waals surface area (Å²) in [7, 11) is 3.04. The van der Waals surface area contributed by atoms with Crippen LogP contribution in [0.1, 0.15) is 23.1 Å². The molecule has 1 aromatic heterocycles. The number of nitrogens with zero attached hydrogens (tertiary/aromatic N) is 2. The van der Waals surface area contributed by atoms with E-state index in [4.69, 9.17) is 9.47 Å². The minimum atomic E-state index is -0.524. The number of rotatable bonds is 6. The minimum Gasteiger partial charge on any atom is -0.493 e. The van der Waals surface area contributed by atoms with Crippen LogP contribution in [0.3, 0.4) is 0 Å². The van der Waals surface area contributed by atoms with Gasteiger partial charge in [0, 0.05) is 23.5 Å². The van der Waals surface area contributed by atoms with Crippen LogP contribution in [0.2, 0.25) is 0 Å². The first-order valence-electron chi connectivity index (χ1n) is 6.57. The van der Waals surface area contributed by atoms with Crippen LogP contribution >= 0.6 is 11.5 Å². The lowest BCUT2D eigenvalue weighted by molar-refractivity contribution is 0.102. The summed E-state index contributed by atoms with van der Waals surface area (Å²) in [6, 6.07) is 4.88. The molecule has 1 atom stereocenters. The number of hydrogen-bond acceptors (Lipinski definition) is 7. The van der Waals surface area contributed by atoms with Crippen LogP contribution in [0, 0.1) is 0 Å². The number of hydrogen-bond donors (Lipinski definition) is 2. The van der Waals surface area contributed by atoms with Gasteiger partial charge in [0.1, 0.15) is 5.82 Å². The van der Waals surface area contributed by atoms with E-state index in [-0.39, 0.29) is 5.91 Å². The maximum absolute atomic E-state index is 12.2. The molecular formula is C14H17N3O4S. The monoisotopic (exact) mass is 323 g/mol. The molecule has 0 aliphatic carbocycles. The first kappa shape index (κ1) is 16.2. The lowest BCUT2D eigenvalue weighted by Crippen LogP contribution is -2.12. The zero-order chi connectivity index (χ0) is 16.1. The van der Waals surface area contributed by atoms with Crippen LogP contribution in [0.25, 0.3) is 0 Å². The van der Waals surface area contributed by atoms with E-state index in [9.17, 15) is 9.90 Å². The Kier molecular flexibility index (Phi) is 5.29. The maximum Gasteiger partial charge on any atom is 0.257 e. The summed E-state index contributed by atoms with van der Waals surface area (Å²) in [5, 5.41) is 12.3. The fourth-order valence-corrected chi connectivity index (χ4v) is 2.39. The molecule has 0 saturated carbocycles. The van der Waals surface area contributed by atoms with Gasteiger partial charge in [0.15, 0.2) is 11.5 Å². The van der Waals surface area contributed by atoms with Gasteiger partial charge >= 0.3 is 0 Å². The van der Waals surface area contributed by atoms with E-state index in [1.165, 1.54) is 14.2 Å². The third-order valence-corrected chi connectivity index (χ3v) is 3.48. The fourth-order valence-electron chi connectivity index (χ4n) is 1.80. The Morgan fingerprint density at radius 2 is 2.09 bits per heavy atom. The van der Waals surface area contributed by atoms with Crippen molar-refractivity contribution in [2.24, 2.45) is 0 Å². The van der Waals surface area contributed by atoms with Crippen molar-refractivity contribution in [1.82, 2.24) is 9.36 Å². The second kappa shape index (κ2) is 7.19. The van der Waals surface area contributed by atoms with Gasteiger partial charge in [-0.25, -0.2) is 4.98 Å². The quantitative estimate of drug-likeness (QED) is 0.841. The summed E-state index contributed by atoms with van der Waals surface area (Å²) in [4.78, 5) is 16.3. The third kappa shape index (κ3) is 3.92. The van der Waals surface area contributed by atoms with Gasteiger partial charge in [0.2, 0.25) is 5.13 Å². The second-order valence-corrected chi connectivity index (χ2v) is 5.34. The van der Waals surface area contributed by atoms with Crippen molar-refractivity contribution >= 4 is 22.6 Å². The number of anilines is 1. The standard InChI is InChI=1S/C14H17N3O4S/c1-8(18)6-12-15-14(22-17-12)16-13(19)9-4-5-10(20-2)11(7-9)21-3/h4-5,7-8,18H,6H2,1-3H3,(H,15,16,17,19). The van der Waals surface area contributed by atoms with Gasteiger partial charge in [0.25, 0.3) is 5.91 Å². The van der Waals surface area contributed by atoms with Crippen molar-refractivity contribution in [2.75, 3.05) is 19.5 Å². The molecule has 2 N–H and O–H groups in total. The largest absolute Gasteiger partial charge is 0.493 e. The summed E-state index contributed by atoms with van der Waals surface area (Å²) in [6.45, 7) is 1.66. The van der Waals surface area contributed by atoms with E-state index in [2.05, 4.69) is 14.7 Å². The summed E-state index contributed by atoms with van der Waals surface area (Å²) in [5.41, 5.74) is 0.421. The first-order valence-corrected chi connectivity index (χ1v) is 7.35. The Labute approximate surface area is 132 Å². The second-order valence-electron chi connectivity index (χ2n) is 4.59. The highest BCUT2D eigenvalue weighted by Gasteiger charge is 2.13. The molecule has 1 amide bonds. The molecule has 0 spiro atoms. The predicted molar refractivity (Wildman–Crippen MR) is 82.8 cm³/mol. The van der Waals surface area contributed by atoms with E-state index in [1.807, 2.05) is 0 Å². The topological polar surface area (TPSA) is 93.6 Å². The number of methoxy groups -OCH3 is 2. The SMILES string of the molecule is COc1ccc(C(=O)Nc2nc(CC(C)O)ns2)cc1OC. The maximum atomic E-state index is 12.2. The smallest absolute Gasteiger partial charge is 0.257 e. The van der Waals surface area contributed by atoms with E-state index < -0.39 is 6.10 Å². The van der Waals surface area contributed by atoms with Crippen LogP contribution in [0.4, 0.5) is 5.13 Å². The first-order chi connectivity index (χ1) is 10.5. The number of nitrogens with one attached hydrogen (secondary N) is 1. The molecule has 2 rings (SSSR count). The molecule has 0 bridgehead atoms. The van der Waals surface area contributed by atoms with Crippen LogP contribution in [0.15, 0.2) is 18.2 Å². The van der Waals surface area contributed by atoms with Crippen LogP contribution < -0.4 is 14.8 Å². The molecule has 7 nitrogen and oxygen atoms in total. The highest BCUT2D eigenvalue weighted by Crippen LogP contribution is 2.28. The number of carbonyl (C=O) groups is 1. The van der Waals surface area contributed by atoms with Gasteiger partial charge < -0.3 is 14.6 Å². The average Bonchev–Trinajstić information content (AvgIpc) is 2.92. The van der Waals surface area contributed by atoms with Gasteiger partial charge in [-0.05, 0) is 25.1 Å². The molecule has 1 aromatic carbocycles. The van der Waals surface area contributed by atoms with Crippen molar-refractivity contribution < 1.29 is 19.4 Å². The number of aliphatic hydroxyl groups excluding tert-OH is 1. The average molecular weight is 323 g/mol. The number of amides is 1. The van der Waals surface area contributed by atoms with Crippen LogP contribution in [-0.2, 0) is 6.42 Å². The van der Waals surface area contributed by atoms with E-state index in [0.29, 0.717) is 34.4 Å². The Morgan fingerprint density at radius 3 is 2.73 bits per heavy atom. The number of ether oxygens (including phenoxy) is 2. The molecular weight excluding hydrogens is 306 g/mol. The van der Waals surface area contributed by atoms with Crippen molar-refractivity contribution in [3.05, 3.63) is 29.6 Å². The van der Waals surface area contributed by atoms with E-state index >= 15 is 0 Å². The molecule has 2 aromatic rings. The van der Waals surface area contributed by atoms with Gasteiger partial charge in [-0.1, -0.05) is 0 Å². The zero-order valence-corrected chi connectivity index (χ0v) is 13.3. The highest BCUT2D eigenvalue weighted by atomic mass is 32.1. The zero-order valence-electron chi connectivity index (χ0n) is 12.5. The summed E-state index contributed by atoms with van der Waals surface area (Å²) < 4.78 is 14.4. The molecule has 0 fully saturated rings. The molecule has 8 heteroatoms. The van der Waals surface area contributed by atoms with E-state index in [1.54, 1.807) is 25.1 Å². The molecule has 22 heavy (non-hydrogen) atoms. The Balaban J connectivity index is 2.10. The molecule has 0 aliphatic rings. The third-order valence-electron chi connectivity index (χ3n) is 2.81. The normalized spacial score (nSPS) is 11.8. The molecule has 118 valence electrons. The Hall–Kier alpha value is -2.19. The van der Waals surface area contributed by atoms with Crippen LogP contribution in [-0.4, -0.2) is 40.7 Å². The molecule has 0 radical (unpaired) electrons. The summed E-state index contributed by atoms with van der Waals surface area (Å²) in [5.74, 6) is 1.21. The van der Waals surface area contributed by atoms with Gasteiger partial charge in [0.05, 0.1) is 20.3 Å². The molecule has 0 aliphatic heterocycles. The number of benzene rings is 1. The fraction of sp³-hybridized carbons (Fsp3) is 0.357. The van der Waals surface area contributed by atoms with Gasteiger partial charge in [-0.3, -0.25) is 10.1 Å². The lowest BCUT2D eigenvalue weighted by atomic mass is 10.2. The summed E-state index contributed by atoms with van der Waals surface area (Å²) in [6.07, 6.45) is -0.174. The summed E-state index contributed by atoms with van der Waals surface area (Å²) >= 11 is 1.07. The Morgan fingerprint density at radius 1 is 1.36 bits per heavy atom. The molecule has 0 saturated heterocycles. The molecule has 1 unspecified atom stereocenters. The van der Waals surface area contributed by atoms with E-state index in [0.717, 1.165) is 11.5 Å². The van der Waals surface area contributed by atoms with Crippen molar-refractivity contribution in [1.29, 1.82) is 0 Å².